The van der Waals surface area contributed by atoms with E-state index in [2.05, 4.69) is 8.92 Å². The molecule has 0 unspecified atom stereocenters. The molecule has 8 heteroatoms. The number of rotatable bonds is 2. The second kappa shape index (κ2) is 2.86. The SMILES string of the molecule is O=S(=O)(OC1COC1)C(F)(F)F. The van der Waals surface area contributed by atoms with Crippen molar-refractivity contribution in [1.29, 1.82) is 0 Å². The van der Waals surface area contributed by atoms with Crippen molar-refractivity contribution in [3.63, 3.8) is 0 Å². The van der Waals surface area contributed by atoms with Crippen molar-refractivity contribution >= 4 is 10.1 Å². The zero-order valence-electron chi connectivity index (χ0n) is 5.67. The molecule has 0 N–H and O–H groups in total. The fraction of sp³-hybridized carbons (Fsp3) is 1.00. The highest BCUT2D eigenvalue weighted by Crippen LogP contribution is 2.26. The first kappa shape index (κ1) is 9.75. The number of ether oxygens (including phenoxy) is 1. The summed E-state index contributed by atoms with van der Waals surface area (Å²) < 4.78 is 63.5. The number of alkyl halides is 3. The Hall–Kier alpha value is -0.340. The van der Waals surface area contributed by atoms with Crippen molar-refractivity contribution in [2.75, 3.05) is 13.2 Å². The average molecular weight is 206 g/mol. The molecule has 0 bridgehead atoms. The van der Waals surface area contributed by atoms with E-state index in [-0.39, 0.29) is 13.2 Å². The predicted octanol–water partition coefficient (Wildman–Crippen LogP) is 0.251. The summed E-state index contributed by atoms with van der Waals surface area (Å²) in [5.41, 5.74) is -5.34. The lowest BCUT2D eigenvalue weighted by Gasteiger charge is -2.25. The minimum Gasteiger partial charge on any atom is -0.376 e. The molecule has 1 rings (SSSR count). The van der Waals surface area contributed by atoms with E-state index in [0.717, 1.165) is 0 Å². The third-order valence-electron chi connectivity index (χ3n) is 1.15. The molecule has 0 atom stereocenters. The van der Waals surface area contributed by atoms with Crippen LogP contribution in [0.3, 0.4) is 0 Å². The van der Waals surface area contributed by atoms with Crippen LogP contribution in [0.5, 0.6) is 0 Å². The second-order valence-electron chi connectivity index (χ2n) is 2.16. The summed E-state index contributed by atoms with van der Waals surface area (Å²) in [7, 11) is -5.44. The van der Waals surface area contributed by atoms with E-state index in [1.165, 1.54) is 0 Å². The summed E-state index contributed by atoms with van der Waals surface area (Å²) in [6, 6.07) is 0. The lowest BCUT2D eigenvalue weighted by atomic mass is 10.3. The zero-order chi connectivity index (χ0) is 9.41. The topological polar surface area (TPSA) is 52.6 Å². The molecular formula is C4H5F3O4S. The normalized spacial score (nSPS) is 20.6. The van der Waals surface area contributed by atoms with Gasteiger partial charge in [0, 0.05) is 0 Å². The minimum absolute atomic E-state index is 0.116. The summed E-state index contributed by atoms with van der Waals surface area (Å²) in [5, 5.41) is 0. The van der Waals surface area contributed by atoms with Crippen LogP contribution in [0.15, 0.2) is 0 Å². The van der Waals surface area contributed by atoms with Crippen LogP contribution in [0, 0.1) is 0 Å². The van der Waals surface area contributed by atoms with Crippen LogP contribution in [0.4, 0.5) is 13.2 Å². The van der Waals surface area contributed by atoms with E-state index in [1.807, 2.05) is 0 Å². The summed E-state index contributed by atoms with van der Waals surface area (Å²) in [6.07, 6.45) is -0.989. The van der Waals surface area contributed by atoms with Crippen molar-refractivity contribution < 1.29 is 30.5 Å². The van der Waals surface area contributed by atoms with Crippen molar-refractivity contribution in [1.82, 2.24) is 0 Å². The molecule has 0 aromatic rings. The molecule has 0 spiro atoms. The molecule has 0 aromatic heterocycles. The maximum Gasteiger partial charge on any atom is 0.523 e. The molecule has 0 aliphatic carbocycles. The van der Waals surface area contributed by atoms with Gasteiger partial charge in [0.1, 0.15) is 6.10 Å². The monoisotopic (exact) mass is 206 g/mol. The lowest BCUT2D eigenvalue weighted by molar-refractivity contribution is -0.0993. The van der Waals surface area contributed by atoms with Gasteiger partial charge in [-0.25, -0.2) is 0 Å². The highest BCUT2D eigenvalue weighted by molar-refractivity contribution is 7.87. The van der Waals surface area contributed by atoms with Crippen LogP contribution in [0.1, 0.15) is 0 Å². The molecule has 12 heavy (non-hydrogen) atoms. The molecule has 1 aliphatic rings. The van der Waals surface area contributed by atoms with Crippen molar-refractivity contribution in [2.45, 2.75) is 11.6 Å². The number of halogens is 3. The molecular weight excluding hydrogens is 201 g/mol. The van der Waals surface area contributed by atoms with Gasteiger partial charge in [-0.05, 0) is 0 Å². The Kier molecular flexibility index (Phi) is 2.32. The van der Waals surface area contributed by atoms with Crippen LogP contribution >= 0.6 is 0 Å². The number of hydrogen-bond donors (Lipinski definition) is 0. The van der Waals surface area contributed by atoms with Crippen molar-refractivity contribution in [3.8, 4) is 0 Å². The van der Waals surface area contributed by atoms with Gasteiger partial charge < -0.3 is 4.74 Å². The smallest absolute Gasteiger partial charge is 0.376 e. The first-order valence-electron chi connectivity index (χ1n) is 2.90. The fourth-order valence-electron chi connectivity index (χ4n) is 0.503. The maximum absolute atomic E-state index is 11.6. The highest BCUT2D eigenvalue weighted by atomic mass is 32.2. The summed E-state index contributed by atoms with van der Waals surface area (Å²) >= 11 is 0. The van der Waals surface area contributed by atoms with Gasteiger partial charge in [-0.3, -0.25) is 4.18 Å². The Morgan fingerprint density at radius 2 is 1.83 bits per heavy atom. The zero-order valence-corrected chi connectivity index (χ0v) is 6.48. The van der Waals surface area contributed by atoms with Crippen LogP contribution in [-0.2, 0) is 19.0 Å². The van der Waals surface area contributed by atoms with Crippen LogP contribution in [-0.4, -0.2) is 33.2 Å². The Bertz CT molecular complexity index is 252. The summed E-state index contributed by atoms with van der Waals surface area (Å²) in [5.74, 6) is 0. The molecule has 0 radical (unpaired) electrons. The van der Waals surface area contributed by atoms with Gasteiger partial charge in [0.15, 0.2) is 0 Å². The van der Waals surface area contributed by atoms with E-state index in [0.29, 0.717) is 0 Å². The van der Waals surface area contributed by atoms with Gasteiger partial charge in [-0.2, -0.15) is 21.6 Å². The quantitative estimate of drug-likeness (QED) is 0.480. The van der Waals surface area contributed by atoms with E-state index < -0.39 is 21.7 Å². The van der Waals surface area contributed by atoms with Gasteiger partial charge in [0.25, 0.3) is 0 Å². The lowest BCUT2D eigenvalue weighted by Crippen LogP contribution is -2.41. The Labute approximate surface area is 66.4 Å². The van der Waals surface area contributed by atoms with Gasteiger partial charge >= 0.3 is 15.6 Å². The molecule has 1 aliphatic heterocycles. The molecule has 72 valence electrons. The largest absolute Gasteiger partial charge is 0.523 e. The molecule has 0 saturated carbocycles. The molecule has 1 fully saturated rings. The first-order chi connectivity index (χ1) is 5.33. The third-order valence-corrected chi connectivity index (χ3v) is 2.25. The standard InChI is InChI=1S/C4H5F3O4S/c5-4(6,7)12(8,9)11-3-1-10-2-3/h3H,1-2H2. The number of hydrogen-bond acceptors (Lipinski definition) is 4. The van der Waals surface area contributed by atoms with Gasteiger partial charge in [0.05, 0.1) is 13.2 Å². The van der Waals surface area contributed by atoms with Crippen LogP contribution < -0.4 is 0 Å². The van der Waals surface area contributed by atoms with Crippen molar-refractivity contribution in [2.24, 2.45) is 0 Å². The maximum atomic E-state index is 11.6. The molecule has 4 nitrogen and oxygen atoms in total. The van der Waals surface area contributed by atoms with Gasteiger partial charge in [-0.15, -0.1) is 0 Å². The van der Waals surface area contributed by atoms with Crippen molar-refractivity contribution in [3.05, 3.63) is 0 Å². The average Bonchev–Trinajstić information content (AvgIpc) is 1.76. The molecule has 1 heterocycles. The fourth-order valence-corrected chi connectivity index (χ4v) is 1.08. The van der Waals surface area contributed by atoms with E-state index >= 15 is 0 Å². The van der Waals surface area contributed by atoms with E-state index in [4.69, 9.17) is 0 Å². The second-order valence-corrected chi connectivity index (χ2v) is 3.72. The Morgan fingerprint density at radius 3 is 2.08 bits per heavy atom. The third kappa shape index (κ3) is 1.87. The minimum atomic E-state index is -5.44. The highest BCUT2D eigenvalue weighted by Gasteiger charge is 2.49. The van der Waals surface area contributed by atoms with Gasteiger partial charge in [0.2, 0.25) is 0 Å². The Balaban J connectivity index is 2.60. The Morgan fingerprint density at radius 1 is 1.33 bits per heavy atom. The molecule has 0 amide bonds. The summed E-state index contributed by atoms with van der Waals surface area (Å²) in [6.45, 7) is -0.232. The van der Waals surface area contributed by atoms with Gasteiger partial charge in [-0.1, -0.05) is 0 Å². The molecule has 1 saturated heterocycles. The van der Waals surface area contributed by atoms with Crippen LogP contribution in [0.25, 0.3) is 0 Å². The first-order valence-corrected chi connectivity index (χ1v) is 4.31. The summed E-state index contributed by atoms with van der Waals surface area (Å²) in [4.78, 5) is 0. The van der Waals surface area contributed by atoms with Crippen LogP contribution in [0.2, 0.25) is 0 Å². The predicted molar refractivity (Wildman–Crippen MR) is 30.7 cm³/mol. The van der Waals surface area contributed by atoms with E-state index in [9.17, 15) is 21.6 Å². The molecule has 0 aromatic carbocycles. The van der Waals surface area contributed by atoms with E-state index in [1.54, 1.807) is 0 Å².